The molecule has 1 aromatic rings. The monoisotopic (exact) mass is 243 g/mol. The number of aromatic nitrogens is 1. The Kier molecular flexibility index (Phi) is 4.86. The summed E-state index contributed by atoms with van der Waals surface area (Å²) in [7, 11) is 0. The average molecular weight is 243 g/mol. The van der Waals surface area contributed by atoms with Crippen LogP contribution in [0.3, 0.4) is 0 Å². The molecule has 16 heavy (non-hydrogen) atoms. The Morgan fingerprint density at radius 1 is 1.56 bits per heavy atom. The summed E-state index contributed by atoms with van der Waals surface area (Å²) in [6.07, 6.45) is 0.374. The third kappa shape index (κ3) is 3.89. The molecule has 1 unspecified atom stereocenters. The molecule has 90 valence electrons. The summed E-state index contributed by atoms with van der Waals surface area (Å²) in [5, 5.41) is 0.725. The van der Waals surface area contributed by atoms with Gasteiger partial charge in [0.1, 0.15) is 5.76 Å². The van der Waals surface area contributed by atoms with Gasteiger partial charge in [-0.15, -0.1) is 0 Å². The van der Waals surface area contributed by atoms with Gasteiger partial charge in [-0.2, -0.15) is 0 Å². The van der Waals surface area contributed by atoms with Gasteiger partial charge in [0, 0.05) is 5.25 Å². The van der Waals surface area contributed by atoms with Crippen LogP contribution in [-0.4, -0.2) is 22.8 Å². The molecule has 4 nitrogen and oxygen atoms in total. The van der Waals surface area contributed by atoms with Crippen LogP contribution in [0.15, 0.2) is 9.64 Å². The first-order valence-corrected chi connectivity index (χ1v) is 6.17. The highest BCUT2D eigenvalue weighted by molar-refractivity contribution is 7.99. The van der Waals surface area contributed by atoms with Crippen LogP contribution >= 0.6 is 11.8 Å². The normalized spacial score (nSPS) is 12.5. The molecule has 0 aliphatic carbocycles. The summed E-state index contributed by atoms with van der Waals surface area (Å²) in [5.41, 5.74) is 0.894. The zero-order valence-electron chi connectivity index (χ0n) is 10.1. The van der Waals surface area contributed by atoms with Gasteiger partial charge in [0.25, 0.3) is 5.22 Å². The molecule has 0 saturated carbocycles. The molecule has 1 aromatic heterocycles. The highest BCUT2D eigenvalue weighted by Gasteiger charge is 2.15. The average Bonchev–Trinajstić information content (AvgIpc) is 2.45. The van der Waals surface area contributed by atoms with E-state index in [0.29, 0.717) is 18.3 Å². The van der Waals surface area contributed by atoms with Crippen molar-refractivity contribution in [2.24, 2.45) is 0 Å². The molecule has 0 aliphatic rings. The van der Waals surface area contributed by atoms with Gasteiger partial charge in [-0.1, -0.05) is 18.7 Å². The molecular formula is C11H17NO3S. The number of carbonyl (C=O) groups excluding carboxylic acids is 1. The Morgan fingerprint density at radius 2 is 2.25 bits per heavy atom. The predicted molar refractivity (Wildman–Crippen MR) is 62.5 cm³/mol. The van der Waals surface area contributed by atoms with Crippen molar-refractivity contribution in [3.8, 4) is 0 Å². The SMILES string of the molecule is CCOC(=O)CC(C)Sc1nc(C)c(C)o1. The summed E-state index contributed by atoms with van der Waals surface area (Å²) >= 11 is 1.45. The largest absolute Gasteiger partial charge is 0.466 e. The summed E-state index contributed by atoms with van der Waals surface area (Å²) in [6, 6.07) is 0. The lowest BCUT2D eigenvalue weighted by Gasteiger charge is -2.07. The molecular weight excluding hydrogens is 226 g/mol. The minimum absolute atomic E-state index is 0.108. The van der Waals surface area contributed by atoms with Gasteiger partial charge in [-0.05, 0) is 20.8 Å². The van der Waals surface area contributed by atoms with E-state index in [4.69, 9.17) is 9.15 Å². The number of oxazole rings is 1. The standard InChI is InChI=1S/C11H17NO3S/c1-5-14-10(13)6-7(2)16-11-12-8(3)9(4)15-11/h7H,5-6H2,1-4H3. The second kappa shape index (κ2) is 5.94. The number of ether oxygens (including phenoxy) is 1. The minimum Gasteiger partial charge on any atom is -0.466 e. The van der Waals surface area contributed by atoms with Gasteiger partial charge in [-0.25, -0.2) is 4.98 Å². The maximum atomic E-state index is 11.2. The molecule has 1 rings (SSSR count). The highest BCUT2D eigenvalue weighted by Crippen LogP contribution is 2.26. The molecule has 0 aromatic carbocycles. The lowest BCUT2D eigenvalue weighted by atomic mass is 10.3. The molecule has 0 fully saturated rings. The summed E-state index contributed by atoms with van der Waals surface area (Å²) in [4.78, 5) is 15.5. The molecule has 1 atom stereocenters. The molecule has 1 heterocycles. The van der Waals surface area contributed by atoms with E-state index in [1.165, 1.54) is 11.8 Å². The van der Waals surface area contributed by atoms with Gasteiger partial charge in [-0.3, -0.25) is 4.79 Å². The van der Waals surface area contributed by atoms with Crippen LogP contribution in [0.5, 0.6) is 0 Å². The smallest absolute Gasteiger partial charge is 0.306 e. The number of aryl methyl sites for hydroxylation is 2. The van der Waals surface area contributed by atoms with Crippen LogP contribution in [0.25, 0.3) is 0 Å². The summed E-state index contributed by atoms with van der Waals surface area (Å²) in [6.45, 7) is 7.96. The Bertz CT molecular complexity index is 343. The van der Waals surface area contributed by atoms with Crippen LogP contribution in [0.2, 0.25) is 0 Å². The lowest BCUT2D eigenvalue weighted by molar-refractivity contribution is -0.142. The molecule has 0 bridgehead atoms. The third-order valence-electron chi connectivity index (χ3n) is 2.07. The molecule has 0 aliphatic heterocycles. The maximum absolute atomic E-state index is 11.2. The van der Waals surface area contributed by atoms with E-state index in [1.54, 1.807) is 6.92 Å². The molecule has 0 saturated heterocycles. The Hall–Kier alpha value is -0.970. The second-order valence-electron chi connectivity index (χ2n) is 3.56. The fourth-order valence-corrected chi connectivity index (χ4v) is 2.09. The van der Waals surface area contributed by atoms with Crippen molar-refractivity contribution in [1.82, 2.24) is 4.98 Å². The number of nitrogens with zero attached hydrogens (tertiary/aromatic N) is 1. The van der Waals surface area contributed by atoms with E-state index >= 15 is 0 Å². The maximum Gasteiger partial charge on any atom is 0.306 e. The number of thioether (sulfide) groups is 1. The highest BCUT2D eigenvalue weighted by atomic mass is 32.2. The van der Waals surface area contributed by atoms with E-state index in [2.05, 4.69) is 4.98 Å². The quantitative estimate of drug-likeness (QED) is 0.588. The molecule has 0 N–H and O–H groups in total. The van der Waals surface area contributed by atoms with Crippen molar-refractivity contribution < 1.29 is 13.9 Å². The van der Waals surface area contributed by atoms with Crippen molar-refractivity contribution in [3.05, 3.63) is 11.5 Å². The van der Waals surface area contributed by atoms with E-state index in [-0.39, 0.29) is 11.2 Å². The zero-order valence-corrected chi connectivity index (χ0v) is 10.9. The van der Waals surface area contributed by atoms with Gasteiger partial charge in [0.2, 0.25) is 0 Å². The van der Waals surface area contributed by atoms with Crippen LogP contribution in [0, 0.1) is 13.8 Å². The second-order valence-corrected chi connectivity index (χ2v) is 4.95. The number of esters is 1. The van der Waals surface area contributed by atoms with Gasteiger partial charge >= 0.3 is 5.97 Å². The fourth-order valence-electron chi connectivity index (χ4n) is 1.16. The van der Waals surface area contributed by atoms with Gasteiger partial charge in [0.15, 0.2) is 0 Å². The number of carbonyl (C=O) groups is 1. The number of hydrogen-bond donors (Lipinski definition) is 0. The van der Waals surface area contributed by atoms with Crippen molar-refractivity contribution >= 4 is 17.7 Å². The lowest BCUT2D eigenvalue weighted by Crippen LogP contribution is -2.10. The summed E-state index contributed by atoms with van der Waals surface area (Å²) < 4.78 is 10.3. The van der Waals surface area contributed by atoms with Crippen LogP contribution in [-0.2, 0) is 9.53 Å². The van der Waals surface area contributed by atoms with Gasteiger partial charge < -0.3 is 9.15 Å². The Morgan fingerprint density at radius 3 is 2.75 bits per heavy atom. The molecule has 0 spiro atoms. The van der Waals surface area contributed by atoms with Crippen LogP contribution in [0.4, 0.5) is 0 Å². The third-order valence-corrected chi connectivity index (χ3v) is 3.02. The van der Waals surface area contributed by atoms with Crippen LogP contribution in [0.1, 0.15) is 31.7 Å². The molecule has 5 heteroatoms. The van der Waals surface area contributed by atoms with Crippen molar-refractivity contribution in [1.29, 1.82) is 0 Å². The Labute approximate surface area is 99.8 Å². The Balaban J connectivity index is 2.45. The van der Waals surface area contributed by atoms with Crippen molar-refractivity contribution in [2.75, 3.05) is 6.61 Å². The number of rotatable bonds is 5. The van der Waals surface area contributed by atoms with E-state index in [0.717, 1.165) is 11.5 Å². The van der Waals surface area contributed by atoms with E-state index < -0.39 is 0 Å². The predicted octanol–water partition coefficient (Wildman–Crippen LogP) is 2.73. The molecule has 0 amide bonds. The fraction of sp³-hybridized carbons (Fsp3) is 0.636. The van der Waals surface area contributed by atoms with Crippen molar-refractivity contribution in [3.63, 3.8) is 0 Å². The minimum atomic E-state index is -0.178. The molecule has 0 radical (unpaired) electrons. The van der Waals surface area contributed by atoms with Crippen molar-refractivity contribution in [2.45, 2.75) is 44.6 Å². The zero-order chi connectivity index (χ0) is 12.1. The van der Waals surface area contributed by atoms with E-state index in [9.17, 15) is 4.79 Å². The first-order valence-electron chi connectivity index (χ1n) is 5.29. The summed E-state index contributed by atoms with van der Waals surface area (Å²) in [5.74, 6) is 0.647. The van der Waals surface area contributed by atoms with E-state index in [1.807, 2.05) is 20.8 Å². The first kappa shape index (κ1) is 13.1. The van der Waals surface area contributed by atoms with Crippen LogP contribution < -0.4 is 0 Å². The number of hydrogen-bond acceptors (Lipinski definition) is 5. The first-order chi connectivity index (χ1) is 7.52. The van der Waals surface area contributed by atoms with Gasteiger partial charge in [0.05, 0.1) is 18.7 Å². The topological polar surface area (TPSA) is 52.3 Å².